The molecule has 0 saturated carbocycles. The predicted octanol–water partition coefficient (Wildman–Crippen LogP) is 1.20. The van der Waals surface area contributed by atoms with E-state index >= 15 is 0 Å². The first-order valence-electron chi connectivity index (χ1n) is 4.73. The number of hydrogen-bond acceptors (Lipinski definition) is 4. The smallest absolute Gasteiger partial charge is 0.327 e. The average Bonchev–Trinajstić information content (AvgIpc) is 2.57. The number of rotatable bonds is 4. The molecule has 0 bridgehead atoms. The summed E-state index contributed by atoms with van der Waals surface area (Å²) in [4.78, 5) is 11.7. The van der Waals surface area contributed by atoms with Crippen LogP contribution >= 0.6 is 11.8 Å². The highest BCUT2D eigenvalue weighted by atomic mass is 32.2. The first kappa shape index (κ1) is 11.6. The van der Waals surface area contributed by atoms with E-state index in [-0.39, 0.29) is 11.2 Å². The molecule has 1 heterocycles. The first-order chi connectivity index (χ1) is 6.67. The van der Waals surface area contributed by atoms with Crippen molar-refractivity contribution < 1.29 is 9.53 Å². The molecule has 0 radical (unpaired) electrons. The maximum atomic E-state index is 11.7. The molecule has 0 aromatic rings. The van der Waals surface area contributed by atoms with E-state index in [2.05, 4.69) is 18.8 Å². The minimum Gasteiger partial charge on any atom is -0.468 e. The molecule has 1 fully saturated rings. The lowest BCUT2D eigenvalue weighted by Gasteiger charge is -2.30. The molecule has 1 N–H and O–H groups in total. The second-order valence-electron chi connectivity index (χ2n) is 3.40. The van der Waals surface area contributed by atoms with E-state index in [1.165, 1.54) is 7.11 Å². The van der Waals surface area contributed by atoms with Crippen LogP contribution in [0.25, 0.3) is 0 Å². The van der Waals surface area contributed by atoms with Crippen LogP contribution in [-0.4, -0.2) is 36.2 Å². The topological polar surface area (TPSA) is 38.3 Å². The van der Waals surface area contributed by atoms with Crippen LogP contribution in [0, 0.1) is 0 Å². The van der Waals surface area contributed by atoms with Gasteiger partial charge in [0.25, 0.3) is 0 Å². The van der Waals surface area contributed by atoms with Gasteiger partial charge in [-0.2, -0.15) is 11.8 Å². The first-order valence-corrected chi connectivity index (χ1v) is 5.78. The van der Waals surface area contributed by atoms with Gasteiger partial charge in [-0.25, -0.2) is 0 Å². The molecule has 2 atom stereocenters. The van der Waals surface area contributed by atoms with E-state index in [4.69, 9.17) is 4.74 Å². The molecule has 4 heteroatoms. The summed E-state index contributed by atoms with van der Waals surface area (Å²) in [5, 5.41) is 3.49. The van der Waals surface area contributed by atoms with E-state index in [1.54, 1.807) is 17.8 Å². The lowest BCUT2D eigenvalue weighted by molar-refractivity contribution is -0.148. The standard InChI is InChI=1S/C10H17NO2S/c1-4-6-11-10(9(12)13-3)5-7-14-8(10)2/h4,8,11H,1,5-7H2,2-3H3. The molecule has 1 rings (SSSR count). The largest absolute Gasteiger partial charge is 0.468 e. The molecule has 0 aromatic heterocycles. The van der Waals surface area contributed by atoms with Crippen LogP contribution < -0.4 is 5.32 Å². The molecule has 1 saturated heterocycles. The van der Waals surface area contributed by atoms with Gasteiger partial charge in [-0.05, 0) is 12.2 Å². The minimum absolute atomic E-state index is 0.156. The molecule has 0 aliphatic carbocycles. The number of carbonyl (C=O) groups is 1. The van der Waals surface area contributed by atoms with Crippen LogP contribution in [0.5, 0.6) is 0 Å². The molecule has 0 aromatic carbocycles. The van der Waals surface area contributed by atoms with Crippen LogP contribution in [0.2, 0.25) is 0 Å². The number of ether oxygens (including phenoxy) is 1. The Kier molecular flexibility index (Phi) is 4.01. The van der Waals surface area contributed by atoms with Crippen molar-refractivity contribution in [2.45, 2.75) is 24.1 Å². The predicted molar refractivity (Wildman–Crippen MR) is 59.5 cm³/mol. The fourth-order valence-corrected chi connectivity index (χ4v) is 3.13. The Morgan fingerprint density at radius 3 is 3.00 bits per heavy atom. The van der Waals surface area contributed by atoms with E-state index < -0.39 is 5.54 Å². The summed E-state index contributed by atoms with van der Waals surface area (Å²) < 4.78 is 4.86. The van der Waals surface area contributed by atoms with E-state index in [9.17, 15) is 4.79 Å². The molecule has 3 nitrogen and oxygen atoms in total. The lowest BCUT2D eigenvalue weighted by Crippen LogP contribution is -2.56. The number of thioether (sulfide) groups is 1. The third kappa shape index (κ3) is 1.96. The van der Waals surface area contributed by atoms with Gasteiger partial charge in [0.05, 0.1) is 7.11 Å². The number of hydrogen-bond donors (Lipinski definition) is 1. The van der Waals surface area contributed by atoms with Gasteiger partial charge in [-0.3, -0.25) is 10.1 Å². The van der Waals surface area contributed by atoms with Gasteiger partial charge in [-0.1, -0.05) is 13.0 Å². The van der Waals surface area contributed by atoms with Crippen LogP contribution in [0.3, 0.4) is 0 Å². The zero-order chi connectivity index (χ0) is 10.6. The molecule has 14 heavy (non-hydrogen) atoms. The Balaban J connectivity index is 2.77. The van der Waals surface area contributed by atoms with Crippen molar-refractivity contribution in [2.75, 3.05) is 19.4 Å². The summed E-state index contributed by atoms with van der Waals surface area (Å²) in [6.07, 6.45) is 2.60. The minimum atomic E-state index is -0.506. The van der Waals surface area contributed by atoms with Crippen LogP contribution in [0.4, 0.5) is 0 Å². The van der Waals surface area contributed by atoms with Crippen molar-refractivity contribution in [3.8, 4) is 0 Å². The maximum Gasteiger partial charge on any atom is 0.327 e. The monoisotopic (exact) mass is 215 g/mol. The van der Waals surface area contributed by atoms with Crippen LogP contribution in [0.15, 0.2) is 12.7 Å². The Labute approximate surface area is 89.3 Å². The Morgan fingerprint density at radius 1 is 1.86 bits per heavy atom. The van der Waals surface area contributed by atoms with Crippen molar-refractivity contribution in [3.05, 3.63) is 12.7 Å². The molecule has 0 amide bonds. The highest BCUT2D eigenvalue weighted by Gasteiger charge is 2.47. The van der Waals surface area contributed by atoms with Crippen molar-refractivity contribution >= 4 is 17.7 Å². The summed E-state index contributed by atoms with van der Waals surface area (Å²) in [6, 6.07) is 0. The van der Waals surface area contributed by atoms with Crippen molar-refractivity contribution in [1.29, 1.82) is 0 Å². The van der Waals surface area contributed by atoms with Crippen molar-refractivity contribution in [3.63, 3.8) is 0 Å². The highest BCUT2D eigenvalue weighted by molar-refractivity contribution is 8.00. The maximum absolute atomic E-state index is 11.7. The SMILES string of the molecule is C=CCNC1(C(=O)OC)CCSC1C. The quantitative estimate of drug-likeness (QED) is 0.565. The van der Waals surface area contributed by atoms with Gasteiger partial charge in [0.1, 0.15) is 5.54 Å². The van der Waals surface area contributed by atoms with Gasteiger partial charge in [0, 0.05) is 11.8 Å². The van der Waals surface area contributed by atoms with Crippen molar-refractivity contribution in [2.24, 2.45) is 0 Å². The lowest BCUT2D eigenvalue weighted by atomic mass is 9.92. The van der Waals surface area contributed by atoms with E-state index in [0.717, 1.165) is 12.2 Å². The number of carbonyl (C=O) groups excluding carboxylic acids is 1. The van der Waals surface area contributed by atoms with Gasteiger partial charge in [0.2, 0.25) is 0 Å². The average molecular weight is 215 g/mol. The fourth-order valence-electron chi connectivity index (χ4n) is 1.75. The normalized spacial score (nSPS) is 31.4. The van der Waals surface area contributed by atoms with Gasteiger partial charge in [-0.15, -0.1) is 6.58 Å². The third-order valence-corrected chi connectivity index (χ3v) is 4.01. The molecular weight excluding hydrogens is 198 g/mol. The molecule has 1 aliphatic rings. The summed E-state index contributed by atoms with van der Waals surface area (Å²) in [6.45, 7) is 6.34. The fraction of sp³-hybridized carbons (Fsp3) is 0.700. The summed E-state index contributed by atoms with van der Waals surface area (Å²) in [7, 11) is 1.44. The highest BCUT2D eigenvalue weighted by Crippen LogP contribution is 2.36. The van der Waals surface area contributed by atoms with E-state index in [1.807, 2.05) is 0 Å². The zero-order valence-corrected chi connectivity index (χ0v) is 9.52. The van der Waals surface area contributed by atoms with Gasteiger partial charge in [0.15, 0.2) is 0 Å². The molecule has 80 valence electrons. The third-order valence-electron chi connectivity index (χ3n) is 2.67. The Hall–Kier alpha value is -0.480. The second-order valence-corrected chi connectivity index (χ2v) is 4.84. The van der Waals surface area contributed by atoms with Crippen molar-refractivity contribution in [1.82, 2.24) is 5.32 Å². The van der Waals surface area contributed by atoms with Crippen LogP contribution in [0.1, 0.15) is 13.3 Å². The Bertz CT molecular complexity index is 232. The molecule has 2 unspecified atom stereocenters. The molecule has 0 spiro atoms. The molecular formula is C10H17NO2S. The second kappa shape index (κ2) is 4.84. The molecule has 1 aliphatic heterocycles. The Morgan fingerprint density at radius 2 is 2.57 bits per heavy atom. The van der Waals surface area contributed by atoms with Gasteiger partial charge >= 0.3 is 5.97 Å². The summed E-state index contributed by atoms with van der Waals surface area (Å²) in [5.41, 5.74) is -0.506. The zero-order valence-electron chi connectivity index (χ0n) is 8.71. The number of esters is 1. The van der Waals surface area contributed by atoms with Crippen LogP contribution in [-0.2, 0) is 9.53 Å². The van der Waals surface area contributed by atoms with Gasteiger partial charge < -0.3 is 4.74 Å². The van der Waals surface area contributed by atoms with E-state index in [0.29, 0.717) is 6.54 Å². The number of nitrogens with one attached hydrogen (secondary N) is 1. The summed E-state index contributed by atoms with van der Waals surface area (Å²) in [5.74, 6) is 0.845. The summed E-state index contributed by atoms with van der Waals surface area (Å²) >= 11 is 1.80. The number of methoxy groups -OCH3 is 1.